The van der Waals surface area contributed by atoms with Gasteiger partial charge in [0.25, 0.3) is 0 Å². The zero-order chi connectivity index (χ0) is 20.1. The van der Waals surface area contributed by atoms with Gasteiger partial charge in [-0.05, 0) is 37.1 Å². The van der Waals surface area contributed by atoms with Crippen LogP contribution in [0.5, 0.6) is 0 Å². The Balaban J connectivity index is 1.70. The summed E-state index contributed by atoms with van der Waals surface area (Å²) in [5, 5.41) is 7.91. The molecule has 1 fully saturated rings. The molecule has 1 aromatic heterocycles. The molecule has 0 radical (unpaired) electrons. The van der Waals surface area contributed by atoms with Gasteiger partial charge in [-0.25, -0.2) is 4.99 Å². The highest BCUT2D eigenvalue weighted by Crippen LogP contribution is 2.24. The molecule has 2 atom stereocenters. The molecule has 1 saturated heterocycles. The minimum atomic E-state index is -0.185. The van der Waals surface area contributed by atoms with Gasteiger partial charge in [-0.2, -0.15) is 4.98 Å². The molecule has 1 aliphatic heterocycles. The van der Waals surface area contributed by atoms with E-state index in [2.05, 4.69) is 25.3 Å². The number of benzene rings is 1. The molecule has 1 aromatic carbocycles. The lowest BCUT2D eigenvalue weighted by molar-refractivity contribution is -0.145. The van der Waals surface area contributed by atoms with Crippen molar-refractivity contribution in [2.75, 3.05) is 26.7 Å². The molecule has 3 rings (SSSR count). The normalized spacial score (nSPS) is 19.7. The highest BCUT2D eigenvalue weighted by Gasteiger charge is 2.36. The lowest BCUT2D eigenvalue weighted by Crippen LogP contribution is -2.40. The van der Waals surface area contributed by atoms with Crippen molar-refractivity contribution in [1.29, 1.82) is 0 Å². The highest BCUT2D eigenvalue weighted by molar-refractivity contribution is 6.30. The second kappa shape index (κ2) is 9.05. The molecule has 1 N–H and O–H groups in total. The summed E-state index contributed by atoms with van der Waals surface area (Å²) in [5.41, 5.74) is 0.824. The van der Waals surface area contributed by atoms with Crippen molar-refractivity contribution in [2.24, 2.45) is 16.8 Å². The number of hydrogen-bond donors (Lipinski definition) is 1. The number of aliphatic imine (C=N–C) groups is 1. The van der Waals surface area contributed by atoms with Gasteiger partial charge in [-0.3, -0.25) is 4.79 Å². The standard InChI is InChI=1S/C19H24ClN5O3/c1-4-21-19(25-10-12(2)15(11-25)18(26)27-3)22-9-16-23-17(24-28-16)13-5-7-14(20)8-6-13/h5-8,12,15H,4,9-11H2,1-3H3,(H,21,22). The van der Waals surface area contributed by atoms with Crippen molar-refractivity contribution in [3.05, 3.63) is 35.2 Å². The van der Waals surface area contributed by atoms with Crippen molar-refractivity contribution in [3.8, 4) is 11.4 Å². The minimum absolute atomic E-state index is 0.159. The smallest absolute Gasteiger partial charge is 0.310 e. The van der Waals surface area contributed by atoms with Gasteiger partial charge in [-0.1, -0.05) is 23.7 Å². The van der Waals surface area contributed by atoms with Crippen LogP contribution < -0.4 is 5.32 Å². The van der Waals surface area contributed by atoms with E-state index in [9.17, 15) is 4.79 Å². The van der Waals surface area contributed by atoms with Gasteiger partial charge in [0.1, 0.15) is 6.54 Å². The number of likely N-dealkylation sites (tertiary alicyclic amines) is 1. The van der Waals surface area contributed by atoms with Crippen molar-refractivity contribution in [3.63, 3.8) is 0 Å². The summed E-state index contributed by atoms with van der Waals surface area (Å²) in [4.78, 5) is 23.0. The molecule has 9 heteroatoms. The number of carbonyl (C=O) groups is 1. The van der Waals surface area contributed by atoms with E-state index in [0.29, 0.717) is 35.8 Å². The van der Waals surface area contributed by atoms with Crippen LogP contribution in [0.2, 0.25) is 5.02 Å². The number of nitrogens with zero attached hydrogens (tertiary/aromatic N) is 4. The van der Waals surface area contributed by atoms with Crippen LogP contribution in [0.1, 0.15) is 19.7 Å². The number of methoxy groups -OCH3 is 1. The first-order valence-electron chi connectivity index (χ1n) is 9.21. The summed E-state index contributed by atoms with van der Waals surface area (Å²) in [6.07, 6.45) is 0. The second-order valence-corrected chi connectivity index (χ2v) is 7.14. The maximum Gasteiger partial charge on any atom is 0.310 e. The van der Waals surface area contributed by atoms with Crippen LogP contribution >= 0.6 is 11.6 Å². The van der Waals surface area contributed by atoms with E-state index in [1.165, 1.54) is 7.11 Å². The molecule has 0 aliphatic carbocycles. The summed E-state index contributed by atoms with van der Waals surface area (Å²) in [6, 6.07) is 7.23. The maximum absolute atomic E-state index is 11.9. The Morgan fingerprint density at radius 3 is 2.82 bits per heavy atom. The van der Waals surface area contributed by atoms with Crippen molar-refractivity contribution < 1.29 is 14.1 Å². The maximum atomic E-state index is 11.9. The van der Waals surface area contributed by atoms with Crippen LogP contribution in [0.4, 0.5) is 0 Å². The van der Waals surface area contributed by atoms with Crippen LogP contribution in [-0.2, 0) is 16.1 Å². The summed E-state index contributed by atoms with van der Waals surface area (Å²) in [7, 11) is 1.42. The van der Waals surface area contributed by atoms with Gasteiger partial charge in [0.15, 0.2) is 5.96 Å². The van der Waals surface area contributed by atoms with Gasteiger partial charge in [0.2, 0.25) is 11.7 Å². The summed E-state index contributed by atoms with van der Waals surface area (Å²) in [6.45, 7) is 6.30. The third-order valence-electron chi connectivity index (χ3n) is 4.69. The minimum Gasteiger partial charge on any atom is -0.469 e. The molecular weight excluding hydrogens is 382 g/mol. The lowest BCUT2D eigenvalue weighted by atomic mass is 9.99. The van der Waals surface area contributed by atoms with Crippen LogP contribution in [0.25, 0.3) is 11.4 Å². The van der Waals surface area contributed by atoms with Gasteiger partial charge in [-0.15, -0.1) is 0 Å². The van der Waals surface area contributed by atoms with E-state index >= 15 is 0 Å². The predicted octanol–water partition coefficient (Wildman–Crippen LogP) is 2.60. The number of guanidine groups is 1. The monoisotopic (exact) mass is 405 g/mol. The van der Waals surface area contributed by atoms with Crippen molar-refractivity contribution in [2.45, 2.75) is 20.4 Å². The topological polar surface area (TPSA) is 92.9 Å². The number of esters is 1. The van der Waals surface area contributed by atoms with E-state index < -0.39 is 0 Å². The Morgan fingerprint density at radius 1 is 1.39 bits per heavy atom. The number of nitrogens with one attached hydrogen (secondary N) is 1. The fourth-order valence-corrected chi connectivity index (χ4v) is 3.33. The molecule has 1 aliphatic rings. The van der Waals surface area contributed by atoms with Gasteiger partial charge in [0.05, 0.1) is 13.0 Å². The predicted molar refractivity (Wildman–Crippen MR) is 106 cm³/mol. The Morgan fingerprint density at radius 2 is 2.14 bits per heavy atom. The molecule has 28 heavy (non-hydrogen) atoms. The summed E-state index contributed by atoms with van der Waals surface area (Å²) in [5.74, 6) is 1.47. The number of ether oxygens (including phenoxy) is 1. The van der Waals surface area contributed by atoms with Crippen molar-refractivity contribution >= 4 is 23.5 Å². The van der Waals surface area contributed by atoms with E-state index in [4.69, 9.17) is 20.9 Å². The van der Waals surface area contributed by atoms with E-state index in [-0.39, 0.29) is 24.3 Å². The first-order valence-corrected chi connectivity index (χ1v) is 9.59. The largest absolute Gasteiger partial charge is 0.469 e. The Hall–Kier alpha value is -2.61. The molecule has 0 spiro atoms. The van der Waals surface area contributed by atoms with Gasteiger partial charge >= 0.3 is 5.97 Å². The third kappa shape index (κ3) is 4.62. The first kappa shape index (κ1) is 20.1. The quantitative estimate of drug-likeness (QED) is 0.464. The number of carbonyl (C=O) groups excluding carboxylic acids is 1. The second-order valence-electron chi connectivity index (χ2n) is 6.70. The molecule has 0 saturated carbocycles. The molecule has 2 unspecified atom stereocenters. The van der Waals surface area contributed by atoms with Crippen LogP contribution in [-0.4, -0.2) is 53.7 Å². The third-order valence-corrected chi connectivity index (χ3v) is 4.94. The van der Waals surface area contributed by atoms with Crippen LogP contribution in [0.3, 0.4) is 0 Å². The Labute approximate surface area is 168 Å². The molecule has 150 valence electrons. The van der Waals surface area contributed by atoms with Gasteiger partial charge in [0, 0.05) is 30.2 Å². The number of aromatic nitrogens is 2. The van der Waals surface area contributed by atoms with E-state index in [0.717, 1.165) is 12.1 Å². The Kier molecular flexibility index (Phi) is 6.51. The van der Waals surface area contributed by atoms with Crippen LogP contribution in [0.15, 0.2) is 33.8 Å². The number of rotatable bonds is 5. The molecular formula is C19H24ClN5O3. The highest BCUT2D eigenvalue weighted by atomic mass is 35.5. The lowest BCUT2D eigenvalue weighted by Gasteiger charge is -2.21. The summed E-state index contributed by atoms with van der Waals surface area (Å²) < 4.78 is 10.2. The fraction of sp³-hybridized carbons (Fsp3) is 0.474. The van der Waals surface area contributed by atoms with Crippen molar-refractivity contribution in [1.82, 2.24) is 20.4 Å². The number of halogens is 1. The molecule has 0 bridgehead atoms. The van der Waals surface area contributed by atoms with Gasteiger partial charge < -0.3 is 19.5 Å². The number of hydrogen-bond acceptors (Lipinski definition) is 6. The average Bonchev–Trinajstić information content (AvgIpc) is 3.32. The molecule has 8 nitrogen and oxygen atoms in total. The van der Waals surface area contributed by atoms with E-state index in [1.54, 1.807) is 12.1 Å². The van der Waals surface area contributed by atoms with Crippen LogP contribution in [0, 0.1) is 11.8 Å². The SMILES string of the molecule is CCNC(=NCc1nc(-c2ccc(Cl)cc2)no1)N1CC(C)C(C(=O)OC)C1. The zero-order valence-electron chi connectivity index (χ0n) is 16.2. The Bertz CT molecular complexity index is 836. The molecule has 2 heterocycles. The first-order chi connectivity index (χ1) is 13.5. The van der Waals surface area contributed by atoms with E-state index in [1.807, 2.05) is 26.0 Å². The molecule has 2 aromatic rings. The average molecular weight is 406 g/mol. The molecule has 0 amide bonds. The summed E-state index contributed by atoms with van der Waals surface area (Å²) >= 11 is 5.91. The fourth-order valence-electron chi connectivity index (χ4n) is 3.20. The zero-order valence-corrected chi connectivity index (χ0v) is 16.9.